The Balaban J connectivity index is 1.99. The Morgan fingerprint density at radius 1 is 1.33 bits per heavy atom. The van der Waals surface area contributed by atoms with Crippen molar-refractivity contribution in [3.63, 3.8) is 0 Å². The van der Waals surface area contributed by atoms with Crippen LogP contribution < -0.4 is 0 Å². The van der Waals surface area contributed by atoms with Crippen molar-refractivity contribution < 1.29 is 14.3 Å². The number of carbonyl (C=O) groups is 1. The summed E-state index contributed by atoms with van der Waals surface area (Å²) in [5, 5.41) is 9.16. The lowest BCUT2D eigenvalue weighted by Gasteiger charge is -2.28. The molecule has 0 heterocycles. The van der Waals surface area contributed by atoms with E-state index in [-0.39, 0.29) is 24.1 Å². The molecule has 0 spiro atoms. The fraction of sp³-hybridized carbons (Fsp3) is 0.500. The minimum Gasteiger partial charge on any atom is -0.481 e. The van der Waals surface area contributed by atoms with Crippen molar-refractivity contribution in [2.45, 2.75) is 38.0 Å². The molecule has 18 heavy (non-hydrogen) atoms. The van der Waals surface area contributed by atoms with Gasteiger partial charge in [-0.15, -0.1) is 0 Å². The van der Waals surface area contributed by atoms with Gasteiger partial charge in [0.1, 0.15) is 5.82 Å². The van der Waals surface area contributed by atoms with Crippen molar-refractivity contribution in [1.82, 2.24) is 0 Å². The summed E-state index contributed by atoms with van der Waals surface area (Å²) in [6.45, 7) is 0. The summed E-state index contributed by atoms with van der Waals surface area (Å²) in [6, 6.07) is 4.81. The molecule has 0 amide bonds. The van der Waals surface area contributed by atoms with Crippen molar-refractivity contribution in [3.8, 4) is 0 Å². The maximum absolute atomic E-state index is 13.8. The molecule has 1 aliphatic carbocycles. The molecule has 1 aromatic rings. The zero-order chi connectivity index (χ0) is 13.1. The van der Waals surface area contributed by atoms with Crippen LogP contribution >= 0.6 is 11.6 Å². The molecule has 1 fully saturated rings. The van der Waals surface area contributed by atoms with Gasteiger partial charge in [0.25, 0.3) is 0 Å². The highest BCUT2D eigenvalue weighted by Crippen LogP contribution is 2.38. The van der Waals surface area contributed by atoms with Crippen LogP contribution in [0.2, 0.25) is 5.02 Å². The number of hydrogen-bond donors (Lipinski definition) is 1. The highest BCUT2D eigenvalue weighted by Gasteiger charge is 2.25. The molecule has 0 unspecified atom stereocenters. The normalized spacial score (nSPS) is 23.9. The van der Waals surface area contributed by atoms with Gasteiger partial charge in [-0.3, -0.25) is 4.79 Å². The molecule has 0 bridgehead atoms. The molecule has 1 aliphatic rings. The first-order chi connectivity index (χ1) is 8.56. The summed E-state index contributed by atoms with van der Waals surface area (Å²) in [7, 11) is 0. The summed E-state index contributed by atoms with van der Waals surface area (Å²) in [6.07, 6.45) is 3.67. The summed E-state index contributed by atoms with van der Waals surface area (Å²) in [4.78, 5) is 10.6. The molecule has 98 valence electrons. The fourth-order valence-electron chi connectivity index (χ4n) is 2.76. The van der Waals surface area contributed by atoms with Crippen LogP contribution in [0.5, 0.6) is 0 Å². The second kappa shape index (κ2) is 5.70. The summed E-state index contributed by atoms with van der Waals surface area (Å²) in [5.41, 5.74) is 0.716. The van der Waals surface area contributed by atoms with Gasteiger partial charge in [-0.1, -0.05) is 17.7 Å². The lowest BCUT2D eigenvalue weighted by molar-refractivity contribution is -0.138. The van der Waals surface area contributed by atoms with Crippen LogP contribution in [0, 0.1) is 11.7 Å². The predicted molar refractivity (Wildman–Crippen MR) is 68.4 cm³/mol. The van der Waals surface area contributed by atoms with E-state index in [0.29, 0.717) is 10.6 Å². The van der Waals surface area contributed by atoms with E-state index < -0.39 is 5.97 Å². The monoisotopic (exact) mass is 270 g/mol. The predicted octanol–water partition coefficient (Wildman–Crippen LogP) is 4.23. The molecule has 2 nitrogen and oxygen atoms in total. The lowest BCUT2D eigenvalue weighted by atomic mass is 9.77. The van der Waals surface area contributed by atoms with Gasteiger partial charge in [0, 0.05) is 11.4 Å². The Morgan fingerprint density at radius 2 is 2.00 bits per heavy atom. The van der Waals surface area contributed by atoms with E-state index in [1.54, 1.807) is 12.1 Å². The Hall–Kier alpha value is -1.09. The van der Waals surface area contributed by atoms with E-state index in [2.05, 4.69) is 0 Å². The van der Waals surface area contributed by atoms with Crippen LogP contribution in [0.15, 0.2) is 18.2 Å². The first kappa shape index (κ1) is 13.3. The van der Waals surface area contributed by atoms with Crippen molar-refractivity contribution in [2.75, 3.05) is 0 Å². The molecule has 4 heteroatoms. The molecule has 0 aliphatic heterocycles. The van der Waals surface area contributed by atoms with Gasteiger partial charge in [0.2, 0.25) is 0 Å². The summed E-state index contributed by atoms with van der Waals surface area (Å²) < 4.78 is 13.8. The first-order valence-corrected chi connectivity index (χ1v) is 6.61. The molecular weight excluding hydrogens is 255 g/mol. The number of rotatable bonds is 3. The van der Waals surface area contributed by atoms with Gasteiger partial charge in [0.15, 0.2) is 0 Å². The van der Waals surface area contributed by atoms with E-state index >= 15 is 0 Å². The van der Waals surface area contributed by atoms with Crippen molar-refractivity contribution in [3.05, 3.63) is 34.6 Å². The molecule has 2 rings (SSSR count). The van der Waals surface area contributed by atoms with Gasteiger partial charge in [-0.2, -0.15) is 0 Å². The number of halogens is 2. The minimum atomic E-state index is -0.740. The maximum atomic E-state index is 13.8. The van der Waals surface area contributed by atoms with Gasteiger partial charge in [0.05, 0.1) is 0 Å². The Kier molecular flexibility index (Phi) is 4.23. The van der Waals surface area contributed by atoms with Crippen molar-refractivity contribution >= 4 is 17.6 Å². The van der Waals surface area contributed by atoms with Crippen molar-refractivity contribution in [1.29, 1.82) is 0 Å². The van der Waals surface area contributed by atoms with Crippen LogP contribution in [0.25, 0.3) is 0 Å². The fourth-order valence-corrected chi connectivity index (χ4v) is 2.92. The average molecular weight is 271 g/mol. The van der Waals surface area contributed by atoms with E-state index in [1.165, 1.54) is 6.07 Å². The number of carboxylic acids is 1. The number of aliphatic carboxylic acids is 1. The highest BCUT2D eigenvalue weighted by atomic mass is 35.5. The molecule has 0 atom stereocenters. The zero-order valence-electron chi connectivity index (χ0n) is 10.0. The third kappa shape index (κ3) is 3.22. The number of carboxylic acid groups (broad SMARTS) is 1. The van der Waals surface area contributed by atoms with Crippen LogP contribution in [0.4, 0.5) is 4.39 Å². The third-order valence-corrected chi connectivity index (χ3v) is 3.95. The maximum Gasteiger partial charge on any atom is 0.303 e. The second-order valence-electron chi connectivity index (χ2n) is 4.98. The number of benzene rings is 1. The molecule has 0 aromatic heterocycles. The van der Waals surface area contributed by atoms with Gasteiger partial charge in [-0.25, -0.2) is 4.39 Å². The van der Waals surface area contributed by atoms with Gasteiger partial charge < -0.3 is 5.11 Å². The van der Waals surface area contributed by atoms with E-state index in [4.69, 9.17) is 16.7 Å². The molecule has 1 N–H and O–H groups in total. The van der Waals surface area contributed by atoms with E-state index in [9.17, 15) is 9.18 Å². The quantitative estimate of drug-likeness (QED) is 0.892. The molecule has 1 aromatic carbocycles. The zero-order valence-corrected chi connectivity index (χ0v) is 10.8. The SMILES string of the molecule is O=C(O)CC1CCC(c2ccc(Cl)cc2F)CC1. The van der Waals surface area contributed by atoms with E-state index in [1.807, 2.05) is 0 Å². The molecule has 0 saturated heterocycles. The van der Waals surface area contributed by atoms with Gasteiger partial charge in [-0.05, 0) is 55.2 Å². The average Bonchev–Trinajstić information content (AvgIpc) is 2.30. The summed E-state index contributed by atoms with van der Waals surface area (Å²) in [5.74, 6) is -0.540. The van der Waals surface area contributed by atoms with Crippen LogP contribution in [-0.2, 0) is 4.79 Å². The minimum absolute atomic E-state index is 0.201. The summed E-state index contributed by atoms with van der Waals surface area (Å²) >= 11 is 5.73. The second-order valence-corrected chi connectivity index (χ2v) is 5.42. The smallest absolute Gasteiger partial charge is 0.303 e. The highest BCUT2D eigenvalue weighted by molar-refractivity contribution is 6.30. The van der Waals surface area contributed by atoms with Crippen LogP contribution in [0.1, 0.15) is 43.6 Å². The molecule has 0 radical (unpaired) electrons. The van der Waals surface area contributed by atoms with Crippen molar-refractivity contribution in [2.24, 2.45) is 5.92 Å². The van der Waals surface area contributed by atoms with Crippen LogP contribution in [0.3, 0.4) is 0 Å². The van der Waals surface area contributed by atoms with E-state index in [0.717, 1.165) is 25.7 Å². The molecule has 1 saturated carbocycles. The van der Waals surface area contributed by atoms with Gasteiger partial charge >= 0.3 is 5.97 Å². The topological polar surface area (TPSA) is 37.3 Å². The Bertz CT molecular complexity index is 439. The largest absolute Gasteiger partial charge is 0.481 e. The third-order valence-electron chi connectivity index (χ3n) is 3.71. The van der Waals surface area contributed by atoms with Crippen LogP contribution in [-0.4, -0.2) is 11.1 Å². The molecular formula is C14H16ClFO2. The Morgan fingerprint density at radius 3 is 2.56 bits per heavy atom. The standard InChI is InChI=1S/C14H16ClFO2/c15-11-5-6-12(13(16)8-11)10-3-1-9(2-4-10)7-14(17)18/h5-6,8-10H,1-4,7H2,(H,17,18). The number of hydrogen-bond acceptors (Lipinski definition) is 1. The first-order valence-electron chi connectivity index (χ1n) is 6.23. The Labute approximate surface area is 111 Å². The lowest BCUT2D eigenvalue weighted by Crippen LogP contribution is -2.17.